The Kier molecular flexibility index (Phi) is 7.17. The maximum atomic E-state index is 13.7. The highest BCUT2D eigenvalue weighted by Gasteiger charge is 2.28. The molecule has 3 aromatic carbocycles. The third-order valence-electron chi connectivity index (χ3n) is 6.58. The highest BCUT2D eigenvalue weighted by Crippen LogP contribution is 2.32. The van der Waals surface area contributed by atoms with Gasteiger partial charge >= 0.3 is 5.97 Å². The van der Waals surface area contributed by atoms with E-state index in [1.54, 1.807) is 39.3 Å². The minimum atomic E-state index is -1.09. The molecule has 0 bridgehead atoms. The van der Waals surface area contributed by atoms with Crippen molar-refractivity contribution < 1.29 is 19.1 Å². The van der Waals surface area contributed by atoms with Crippen molar-refractivity contribution in [3.05, 3.63) is 88.3 Å². The third-order valence-corrected chi connectivity index (χ3v) is 7.51. The van der Waals surface area contributed by atoms with Crippen molar-refractivity contribution in [1.82, 2.24) is 9.55 Å². The molecule has 0 saturated heterocycles. The summed E-state index contributed by atoms with van der Waals surface area (Å²) in [5.41, 5.74) is 2.88. The molecular weight excluding hydrogens is 514 g/mol. The van der Waals surface area contributed by atoms with E-state index in [4.69, 9.17) is 9.47 Å². The van der Waals surface area contributed by atoms with Gasteiger partial charge in [-0.1, -0.05) is 66.3 Å². The van der Waals surface area contributed by atoms with E-state index in [1.165, 1.54) is 15.9 Å². The third kappa shape index (κ3) is 5.00. The number of benzene rings is 3. The van der Waals surface area contributed by atoms with E-state index in [9.17, 15) is 14.4 Å². The molecule has 5 aromatic rings. The number of nitrogens with one attached hydrogen (secondary N) is 1. The second kappa shape index (κ2) is 10.7. The van der Waals surface area contributed by atoms with Crippen molar-refractivity contribution in [2.75, 3.05) is 12.4 Å². The van der Waals surface area contributed by atoms with E-state index in [0.29, 0.717) is 27.2 Å². The topological polar surface area (TPSA) is 99.5 Å². The van der Waals surface area contributed by atoms with E-state index in [2.05, 4.69) is 10.3 Å². The molecule has 2 heterocycles. The summed E-state index contributed by atoms with van der Waals surface area (Å²) < 4.78 is 13.2. The lowest BCUT2D eigenvalue weighted by molar-refractivity contribution is -0.124. The molecule has 5 rings (SSSR count). The van der Waals surface area contributed by atoms with E-state index in [1.807, 2.05) is 55.5 Å². The molecule has 1 atom stereocenters. The molecule has 0 spiro atoms. The predicted molar refractivity (Wildman–Crippen MR) is 154 cm³/mol. The average Bonchev–Trinajstić information content (AvgIpc) is 3.35. The van der Waals surface area contributed by atoms with Crippen LogP contribution in [0.5, 0.6) is 5.75 Å². The van der Waals surface area contributed by atoms with Crippen molar-refractivity contribution in [3.63, 3.8) is 0 Å². The Labute approximate surface area is 228 Å². The summed E-state index contributed by atoms with van der Waals surface area (Å²) in [6.45, 7) is 3.73. The van der Waals surface area contributed by atoms with Gasteiger partial charge in [-0.25, -0.2) is 9.78 Å². The fraction of sp³-hybridized carbons (Fsp3) is 0.200. The number of thiazole rings is 1. The fourth-order valence-corrected chi connectivity index (χ4v) is 5.39. The van der Waals surface area contributed by atoms with Gasteiger partial charge in [0.05, 0.1) is 17.3 Å². The Morgan fingerprint density at radius 1 is 1.05 bits per heavy atom. The number of aromatic nitrogens is 2. The monoisotopic (exact) mass is 541 g/mol. The maximum Gasteiger partial charge on any atom is 0.356 e. The van der Waals surface area contributed by atoms with Crippen LogP contribution in [0.25, 0.3) is 32.1 Å². The van der Waals surface area contributed by atoms with Crippen LogP contribution >= 0.6 is 11.3 Å². The molecule has 1 N–H and O–H groups in total. The van der Waals surface area contributed by atoms with Crippen molar-refractivity contribution in [2.24, 2.45) is 7.05 Å². The van der Waals surface area contributed by atoms with Gasteiger partial charge in [0, 0.05) is 18.0 Å². The van der Waals surface area contributed by atoms with E-state index in [0.717, 1.165) is 21.3 Å². The second-order valence-electron chi connectivity index (χ2n) is 9.14. The molecule has 39 heavy (non-hydrogen) atoms. The minimum absolute atomic E-state index is 0.0842. The first-order chi connectivity index (χ1) is 18.8. The number of hydrogen-bond acceptors (Lipinski definition) is 7. The summed E-state index contributed by atoms with van der Waals surface area (Å²) in [5, 5.41) is 4.28. The summed E-state index contributed by atoms with van der Waals surface area (Å²) in [5.74, 6) is -0.568. The van der Waals surface area contributed by atoms with Crippen LogP contribution in [0, 0.1) is 6.92 Å². The summed E-state index contributed by atoms with van der Waals surface area (Å²) in [7, 11) is 3.13. The maximum absolute atomic E-state index is 13.7. The lowest BCUT2D eigenvalue weighted by Gasteiger charge is -2.20. The van der Waals surface area contributed by atoms with E-state index >= 15 is 0 Å². The molecule has 198 valence electrons. The van der Waals surface area contributed by atoms with Crippen LogP contribution in [0.15, 0.2) is 71.5 Å². The summed E-state index contributed by atoms with van der Waals surface area (Å²) >= 11 is 1.30. The molecular formula is C30H27N3O5S. The first-order valence-corrected chi connectivity index (χ1v) is 13.3. The lowest BCUT2D eigenvalue weighted by atomic mass is 9.96. The largest absolute Gasteiger partial charge is 0.497 e. The van der Waals surface area contributed by atoms with E-state index in [-0.39, 0.29) is 17.7 Å². The summed E-state index contributed by atoms with van der Waals surface area (Å²) in [4.78, 5) is 44.5. The molecule has 1 unspecified atom stereocenters. The number of anilines is 1. The number of pyridine rings is 1. The number of hydrogen-bond donors (Lipinski definition) is 1. The molecule has 1 amide bonds. The van der Waals surface area contributed by atoms with Crippen molar-refractivity contribution in [1.29, 1.82) is 0 Å². The van der Waals surface area contributed by atoms with Gasteiger partial charge in [0.25, 0.3) is 11.5 Å². The Hall–Kier alpha value is -4.50. The van der Waals surface area contributed by atoms with Crippen LogP contribution in [0.1, 0.15) is 29.4 Å². The van der Waals surface area contributed by atoms with Gasteiger partial charge in [-0.15, -0.1) is 0 Å². The molecule has 9 heteroatoms. The quantitative estimate of drug-likeness (QED) is 0.265. The number of aryl methyl sites for hydroxylation is 1. The zero-order valence-electron chi connectivity index (χ0n) is 22.0. The van der Waals surface area contributed by atoms with Gasteiger partial charge in [0.2, 0.25) is 0 Å². The standard InChI is InChI=1S/C30H27N3O5S/c1-5-23(27(34)32-30-31-22-15-14-19(37-4)16-24(22)39-30)38-29(36)26-25(18-12-10-17(2)11-13-18)20-8-6-7-9-21(20)28(35)33(26)3/h6-16,23H,5H2,1-4H3,(H,31,32,34). The Balaban J connectivity index is 1.49. The van der Waals surface area contributed by atoms with Crippen LogP contribution in [0.4, 0.5) is 5.13 Å². The van der Waals surface area contributed by atoms with Crippen LogP contribution in [-0.2, 0) is 16.6 Å². The fourth-order valence-electron chi connectivity index (χ4n) is 4.50. The van der Waals surface area contributed by atoms with Gasteiger partial charge in [0.1, 0.15) is 11.4 Å². The van der Waals surface area contributed by atoms with Crippen LogP contribution in [-0.4, -0.2) is 34.6 Å². The highest BCUT2D eigenvalue weighted by atomic mass is 32.1. The SMILES string of the molecule is CCC(OC(=O)c1c(-c2ccc(C)cc2)c2ccccc2c(=O)n1C)C(=O)Nc1nc2ccc(OC)cc2s1. The van der Waals surface area contributed by atoms with Gasteiger partial charge in [-0.2, -0.15) is 0 Å². The Morgan fingerprint density at radius 3 is 2.46 bits per heavy atom. The Bertz CT molecular complexity index is 1770. The van der Waals surface area contributed by atoms with Crippen molar-refractivity contribution >= 4 is 49.3 Å². The molecule has 8 nitrogen and oxygen atoms in total. The summed E-state index contributed by atoms with van der Waals surface area (Å²) in [6.07, 6.45) is -0.857. The number of rotatable bonds is 7. The van der Waals surface area contributed by atoms with Gasteiger partial charge < -0.3 is 14.0 Å². The van der Waals surface area contributed by atoms with Crippen LogP contribution in [0.2, 0.25) is 0 Å². The second-order valence-corrected chi connectivity index (χ2v) is 10.2. The molecule has 0 saturated carbocycles. The number of carbonyl (C=O) groups excluding carboxylic acids is 2. The highest BCUT2D eigenvalue weighted by molar-refractivity contribution is 7.22. The predicted octanol–water partition coefficient (Wildman–Crippen LogP) is 5.71. The smallest absolute Gasteiger partial charge is 0.356 e. The number of fused-ring (bicyclic) bond motifs is 2. The van der Waals surface area contributed by atoms with Gasteiger partial charge in [0.15, 0.2) is 11.2 Å². The molecule has 2 aromatic heterocycles. The normalized spacial score (nSPS) is 11.9. The first kappa shape index (κ1) is 26.1. The number of ether oxygens (including phenoxy) is 2. The van der Waals surface area contributed by atoms with Crippen molar-refractivity contribution in [3.8, 4) is 16.9 Å². The first-order valence-electron chi connectivity index (χ1n) is 12.5. The van der Waals surface area contributed by atoms with Crippen molar-refractivity contribution in [2.45, 2.75) is 26.4 Å². The Morgan fingerprint density at radius 2 is 1.77 bits per heavy atom. The average molecular weight is 542 g/mol. The van der Waals surface area contributed by atoms with E-state index < -0.39 is 18.0 Å². The van der Waals surface area contributed by atoms with Gasteiger partial charge in [-0.3, -0.25) is 14.9 Å². The number of amides is 1. The zero-order valence-corrected chi connectivity index (χ0v) is 22.8. The molecule has 0 aliphatic carbocycles. The number of esters is 1. The molecule has 0 aliphatic heterocycles. The van der Waals surface area contributed by atoms with Crippen LogP contribution in [0.3, 0.4) is 0 Å². The number of nitrogens with zero attached hydrogens (tertiary/aromatic N) is 2. The minimum Gasteiger partial charge on any atom is -0.497 e. The van der Waals surface area contributed by atoms with Crippen LogP contribution < -0.4 is 15.6 Å². The lowest BCUT2D eigenvalue weighted by Crippen LogP contribution is -2.34. The zero-order chi connectivity index (χ0) is 27.7. The molecule has 0 fully saturated rings. The number of methoxy groups -OCH3 is 1. The molecule has 0 aliphatic rings. The molecule has 0 radical (unpaired) electrons. The van der Waals surface area contributed by atoms with Gasteiger partial charge in [-0.05, 0) is 48.6 Å². The number of carbonyl (C=O) groups is 2. The summed E-state index contributed by atoms with van der Waals surface area (Å²) in [6, 6.07) is 20.3.